The summed E-state index contributed by atoms with van der Waals surface area (Å²) in [7, 11) is 0. The van der Waals surface area contributed by atoms with Gasteiger partial charge in [0.15, 0.2) is 0 Å². The lowest BCUT2D eigenvalue weighted by Crippen LogP contribution is -2.00. The van der Waals surface area contributed by atoms with E-state index in [1.54, 1.807) is 0 Å². The Kier molecular flexibility index (Phi) is 4.31. The van der Waals surface area contributed by atoms with Gasteiger partial charge in [0.05, 0.1) is 0 Å². The van der Waals surface area contributed by atoms with E-state index >= 15 is 0 Å². The van der Waals surface area contributed by atoms with Gasteiger partial charge in [-0.25, -0.2) is 0 Å². The van der Waals surface area contributed by atoms with Crippen LogP contribution in [-0.2, 0) is 0 Å². The third-order valence-corrected chi connectivity index (χ3v) is 4.53. The molecule has 96 valence electrons. The summed E-state index contributed by atoms with van der Waals surface area (Å²) in [6.45, 7) is 5.80. The highest BCUT2D eigenvalue weighted by atomic mass is 31.2. The van der Waals surface area contributed by atoms with Crippen LogP contribution in [0.4, 0.5) is 0 Å². The molecule has 2 rings (SSSR count). The molecule has 0 radical (unpaired) electrons. The van der Waals surface area contributed by atoms with E-state index in [2.05, 4.69) is 68.2 Å². The summed E-state index contributed by atoms with van der Waals surface area (Å²) in [6.07, 6.45) is 0. The van der Waals surface area contributed by atoms with Gasteiger partial charge < -0.3 is 0 Å². The van der Waals surface area contributed by atoms with Crippen molar-refractivity contribution in [3.8, 4) is 11.8 Å². The minimum Gasteiger partial charge on any atom is -0.0969 e. The van der Waals surface area contributed by atoms with Crippen LogP contribution in [0.15, 0.2) is 60.7 Å². The van der Waals surface area contributed by atoms with Crippen molar-refractivity contribution < 1.29 is 0 Å². The van der Waals surface area contributed by atoms with E-state index in [1.807, 2.05) is 24.3 Å². The molecule has 0 unspecified atom stereocenters. The standard InChI is InChI=1S/C18H19P/c1-19(2,3)18(17-12-8-5-9-13-17)15-14-16-10-6-4-7-11-16/h4-13H,1-3H3. The van der Waals surface area contributed by atoms with Crippen molar-refractivity contribution >= 4 is 12.2 Å². The molecule has 1 heteroatoms. The van der Waals surface area contributed by atoms with E-state index in [9.17, 15) is 0 Å². The van der Waals surface area contributed by atoms with E-state index < -0.39 is 6.89 Å². The quantitative estimate of drug-likeness (QED) is 0.537. The van der Waals surface area contributed by atoms with Crippen molar-refractivity contribution in [2.24, 2.45) is 0 Å². The van der Waals surface area contributed by atoms with Crippen LogP contribution in [0.2, 0.25) is 0 Å². The maximum absolute atomic E-state index is 3.41. The van der Waals surface area contributed by atoms with Gasteiger partial charge in [0.25, 0.3) is 0 Å². The molecule has 0 amide bonds. The van der Waals surface area contributed by atoms with Gasteiger partial charge in [0.2, 0.25) is 0 Å². The largest absolute Gasteiger partial charge is 0.0969 e. The summed E-state index contributed by atoms with van der Waals surface area (Å²) >= 11 is 0. The molecule has 0 spiro atoms. The summed E-state index contributed by atoms with van der Waals surface area (Å²) in [5.74, 6) is 6.70. The first-order valence-electron chi connectivity index (χ1n) is 6.39. The molecule has 0 aliphatic heterocycles. The van der Waals surface area contributed by atoms with Crippen LogP contribution >= 0.6 is 6.89 Å². The van der Waals surface area contributed by atoms with Crippen LogP contribution in [-0.4, -0.2) is 25.3 Å². The fraction of sp³-hybridized carbons (Fsp3) is 0.167. The summed E-state index contributed by atoms with van der Waals surface area (Å²) in [5, 5.41) is 1.29. The highest BCUT2D eigenvalue weighted by Crippen LogP contribution is 2.37. The van der Waals surface area contributed by atoms with E-state index in [4.69, 9.17) is 0 Å². The Morgan fingerprint density at radius 2 is 1.32 bits per heavy atom. The van der Waals surface area contributed by atoms with Crippen LogP contribution in [0.1, 0.15) is 11.1 Å². The van der Waals surface area contributed by atoms with E-state index in [1.165, 1.54) is 10.9 Å². The minimum atomic E-state index is -1.14. The molecular weight excluding hydrogens is 247 g/mol. The Labute approximate surface area is 116 Å². The first kappa shape index (κ1) is 13.7. The average Bonchev–Trinajstić information content (AvgIpc) is 2.40. The Morgan fingerprint density at radius 3 is 1.84 bits per heavy atom. The number of hydrogen-bond donors (Lipinski definition) is 0. The minimum absolute atomic E-state index is 1.07. The van der Waals surface area contributed by atoms with Crippen LogP contribution in [0.3, 0.4) is 0 Å². The molecule has 0 saturated heterocycles. The molecule has 0 bridgehead atoms. The zero-order valence-corrected chi connectivity index (χ0v) is 12.6. The molecule has 19 heavy (non-hydrogen) atoms. The van der Waals surface area contributed by atoms with Crippen LogP contribution in [0, 0.1) is 11.8 Å². The molecule has 0 aliphatic rings. The first-order chi connectivity index (χ1) is 9.07. The van der Waals surface area contributed by atoms with Gasteiger partial charge in [-0.2, -0.15) is 0 Å². The molecule has 0 saturated carbocycles. The van der Waals surface area contributed by atoms with Gasteiger partial charge in [0, 0.05) is 10.9 Å². The fourth-order valence-electron chi connectivity index (χ4n) is 1.88. The predicted octanol–water partition coefficient (Wildman–Crippen LogP) is 4.17. The lowest BCUT2D eigenvalue weighted by molar-refractivity contribution is 1.65. The monoisotopic (exact) mass is 266 g/mol. The average molecular weight is 266 g/mol. The summed E-state index contributed by atoms with van der Waals surface area (Å²) in [5.41, 5.74) is 2.33. The Bertz CT molecular complexity index is 641. The highest BCUT2D eigenvalue weighted by molar-refractivity contribution is 7.75. The van der Waals surface area contributed by atoms with Crippen molar-refractivity contribution in [1.82, 2.24) is 0 Å². The summed E-state index contributed by atoms with van der Waals surface area (Å²) in [4.78, 5) is 0. The smallest absolute Gasteiger partial charge is 0.0281 e. The molecule has 0 heterocycles. The van der Waals surface area contributed by atoms with Crippen molar-refractivity contribution in [2.75, 3.05) is 20.0 Å². The van der Waals surface area contributed by atoms with Crippen molar-refractivity contribution in [3.63, 3.8) is 0 Å². The zero-order valence-electron chi connectivity index (χ0n) is 11.7. The molecule has 2 aromatic rings. The van der Waals surface area contributed by atoms with Gasteiger partial charge in [-0.05, 0) is 37.7 Å². The van der Waals surface area contributed by atoms with Crippen LogP contribution in [0.25, 0.3) is 0 Å². The molecule has 0 aromatic heterocycles. The first-order valence-corrected chi connectivity index (χ1v) is 9.52. The van der Waals surface area contributed by atoms with Gasteiger partial charge in [-0.3, -0.25) is 0 Å². The molecule has 0 N–H and O–H groups in total. The number of rotatable bonds is 1. The molecule has 0 atom stereocenters. The lowest BCUT2D eigenvalue weighted by atomic mass is 10.1. The van der Waals surface area contributed by atoms with Gasteiger partial charge >= 0.3 is 0 Å². The van der Waals surface area contributed by atoms with Crippen molar-refractivity contribution in [3.05, 3.63) is 71.8 Å². The van der Waals surface area contributed by atoms with Crippen LogP contribution in [0.5, 0.6) is 0 Å². The fourth-order valence-corrected chi connectivity index (χ4v) is 3.19. The second-order valence-corrected chi connectivity index (χ2v) is 9.82. The molecule has 0 fully saturated rings. The highest BCUT2D eigenvalue weighted by Gasteiger charge is 2.06. The van der Waals surface area contributed by atoms with E-state index in [-0.39, 0.29) is 0 Å². The lowest BCUT2D eigenvalue weighted by Gasteiger charge is -2.13. The molecule has 0 aliphatic carbocycles. The second-order valence-electron chi connectivity index (χ2n) is 5.34. The Hall–Kier alpha value is -1.70. The van der Waals surface area contributed by atoms with Gasteiger partial charge in [-0.1, -0.05) is 67.3 Å². The van der Waals surface area contributed by atoms with E-state index in [0.29, 0.717) is 0 Å². The Balaban J connectivity index is 2.47. The Morgan fingerprint density at radius 1 is 0.789 bits per heavy atom. The maximum Gasteiger partial charge on any atom is 0.0281 e. The third-order valence-electron chi connectivity index (χ3n) is 2.82. The SMILES string of the molecule is CP(C)(C)=C(C#Cc1ccccc1)c1ccccc1. The predicted molar refractivity (Wildman–Crippen MR) is 88.6 cm³/mol. The summed E-state index contributed by atoms with van der Waals surface area (Å²) in [6, 6.07) is 20.7. The second kappa shape index (κ2) is 5.96. The number of benzene rings is 2. The third kappa shape index (κ3) is 3.88. The zero-order chi connectivity index (χ0) is 13.7. The molecule has 0 nitrogen and oxygen atoms in total. The normalized spacial score (nSPS) is 10.5. The maximum atomic E-state index is 3.41. The van der Waals surface area contributed by atoms with Crippen molar-refractivity contribution in [2.45, 2.75) is 0 Å². The topological polar surface area (TPSA) is 0 Å². The summed E-state index contributed by atoms with van der Waals surface area (Å²) < 4.78 is 0. The van der Waals surface area contributed by atoms with E-state index in [0.717, 1.165) is 5.56 Å². The van der Waals surface area contributed by atoms with Crippen LogP contribution < -0.4 is 0 Å². The van der Waals surface area contributed by atoms with Gasteiger partial charge in [0.1, 0.15) is 0 Å². The molecular formula is C18H19P. The number of hydrogen-bond acceptors (Lipinski definition) is 0. The van der Waals surface area contributed by atoms with Crippen molar-refractivity contribution in [1.29, 1.82) is 0 Å². The molecule has 2 aromatic carbocycles. The van der Waals surface area contributed by atoms with Gasteiger partial charge in [-0.15, -0.1) is 0 Å².